The predicted molar refractivity (Wildman–Crippen MR) is 99.6 cm³/mol. The maximum Gasteiger partial charge on any atom is 0.266 e. The second kappa shape index (κ2) is 6.78. The third kappa shape index (κ3) is 3.22. The van der Waals surface area contributed by atoms with Gasteiger partial charge in [0.2, 0.25) is 5.91 Å². The van der Waals surface area contributed by atoms with Crippen LogP contribution in [-0.4, -0.2) is 20.7 Å². The lowest BCUT2D eigenvalue weighted by Gasteiger charge is -2.15. The molecule has 5 nitrogen and oxygen atoms in total. The largest absolute Gasteiger partial charge is 0.369 e. The third-order valence-electron chi connectivity index (χ3n) is 3.50. The number of hydrogen-bond acceptors (Lipinski definition) is 4. The first kappa shape index (κ1) is 16.7. The summed E-state index contributed by atoms with van der Waals surface area (Å²) in [7, 11) is 0. The van der Waals surface area contributed by atoms with Crippen molar-refractivity contribution in [1.29, 1.82) is 0 Å². The van der Waals surface area contributed by atoms with Gasteiger partial charge in [-0.1, -0.05) is 45.9 Å². The molecule has 2 N–H and O–H groups in total. The minimum atomic E-state index is -0.500. The van der Waals surface area contributed by atoms with Crippen LogP contribution in [0.5, 0.6) is 0 Å². The van der Waals surface area contributed by atoms with Crippen molar-refractivity contribution >= 4 is 44.5 Å². The summed E-state index contributed by atoms with van der Waals surface area (Å²) < 4.78 is 2.32. The number of nitrogens with zero attached hydrogens (tertiary/aromatic N) is 2. The highest BCUT2D eigenvalue weighted by Gasteiger charge is 2.18. The number of amides is 1. The molecule has 7 heteroatoms. The third-order valence-corrected chi connectivity index (χ3v) is 5.06. The summed E-state index contributed by atoms with van der Waals surface area (Å²) in [5, 5.41) is 0.441. The van der Waals surface area contributed by atoms with Crippen LogP contribution in [0.2, 0.25) is 0 Å². The molecule has 1 atom stereocenters. The van der Waals surface area contributed by atoms with E-state index in [0.717, 1.165) is 4.47 Å². The van der Waals surface area contributed by atoms with Gasteiger partial charge in [0, 0.05) is 4.47 Å². The van der Waals surface area contributed by atoms with Crippen LogP contribution in [0, 0.1) is 0 Å². The molecule has 0 saturated carbocycles. The van der Waals surface area contributed by atoms with Gasteiger partial charge in [0.05, 0.1) is 21.8 Å². The molecular weight excluding hydrogens is 390 g/mol. The van der Waals surface area contributed by atoms with E-state index in [4.69, 9.17) is 5.73 Å². The van der Waals surface area contributed by atoms with E-state index in [-0.39, 0.29) is 5.56 Å². The Morgan fingerprint density at radius 1 is 1.25 bits per heavy atom. The molecular formula is C17H14BrN3O2S. The Hall–Kier alpha value is -2.12. The summed E-state index contributed by atoms with van der Waals surface area (Å²) in [5.74, 6) is -0.454. The molecule has 3 rings (SSSR count). The van der Waals surface area contributed by atoms with Gasteiger partial charge in [-0.2, -0.15) is 0 Å². The quantitative estimate of drug-likeness (QED) is 0.536. The number of hydrogen-bond donors (Lipinski definition) is 1. The van der Waals surface area contributed by atoms with Crippen LogP contribution in [0.25, 0.3) is 16.6 Å². The zero-order valence-corrected chi connectivity index (χ0v) is 15.2. The highest BCUT2D eigenvalue weighted by molar-refractivity contribution is 9.10. The lowest BCUT2D eigenvalue weighted by Crippen LogP contribution is -2.26. The highest BCUT2D eigenvalue weighted by atomic mass is 79.9. The van der Waals surface area contributed by atoms with Crippen molar-refractivity contribution in [2.75, 3.05) is 0 Å². The Balaban J connectivity index is 2.30. The summed E-state index contributed by atoms with van der Waals surface area (Å²) in [6.07, 6.45) is 0. The Kier molecular flexibility index (Phi) is 4.73. The first-order chi connectivity index (χ1) is 11.5. The maximum absolute atomic E-state index is 13.0. The summed E-state index contributed by atoms with van der Waals surface area (Å²) >= 11 is 4.55. The monoisotopic (exact) mass is 403 g/mol. The van der Waals surface area contributed by atoms with Gasteiger partial charge in [0.1, 0.15) is 0 Å². The number of nitrogens with two attached hydrogens (primary N) is 1. The number of rotatable bonds is 4. The lowest BCUT2D eigenvalue weighted by molar-refractivity contribution is -0.117. The van der Waals surface area contributed by atoms with E-state index >= 15 is 0 Å². The second-order valence-corrected chi connectivity index (χ2v) is 7.42. The predicted octanol–water partition coefficient (Wildman–Crippen LogP) is 3.11. The van der Waals surface area contributed by atoms with Gasteiger partial charge >= 0.3 is 0 Å². The molecule has 1 aromatic heterocycles. The lowest BCUT2D eigenvalue weighted by atomic mass is 10.2. The van der Waals surface area contributed by atoms with Crippen molar-refractivity contribution in [2.24, 2.45) is 5.73 Å². The van der Waals surface area contributed by atoms with E-state index in [2.05, 4.69) is 20.9 Å². The first-order valence-electron chi connectivity index (χ1n) is 7.21. The van der Waals surface area contributed by atoms with Crippen LogP contribution < -0.4 is 11.3 Å². The Morgan fingerprint density at radius 3 is 2.62 bits per heavy atom. The molecule has 0 aliphatic rings. The molecule has 0 aliphatic carbocycles. The molecule has 0 aliphatic heterocycles. The minimum Gasteiger partial charge on any atom is -0.369 e. The van der Waals surface area contributed by atoms with Gasteiger partial charge in [0.15, 0.2) is 5.16 Å². The zero-order valence-electron chi connectivity index (χ0n) is 12.8. The Morgan fingerprint density at radius 2 is 1.96 bits per heavy atom. The molecule has 122 valence electrons. The standard InChI is InChI=1S/C17H14BrN3O2S/c1-10(15(19)22)24-17-20-14-8-7-11(18)9-13(14)16(23)21(17)12-5-3-2-4-6-12/h2-10H,1H3,(H2,19,22)/t10-/m0/s1. The number of halogens is 1. The van der Waals surface area contributed by atoms with Crippen molar-refractivity contribution in [3.05, 3.63) is 63.4 Å². The van der Waals surface area contributed by atoms with Gasteiger partial charge in [-0.05, 0) is 37.3 Å². The molecule has 24 heavy (non-hydrogen) atoms. The SMILES string of the molecule is C[C@H](Sc1nc2ccc(Br)cc2c(=O)n1-c1ccccc1)C(N)=O. The Labute approximate surface area is 151 Å². The van der Waals surface area contributed by atoms with Crippen LogP contribution in [0.15, 0.2) is 63.0 Å². The molecule has 0 radical (unpaired) electrons. The van der Waals surface area contributed by atoms with E-state index in [1.807, 2.05) is 36.4 Å². The molecule has 0 spiro atoms. The molecule has 0 saturated heterocycles. The van der Waals surface area contributed by atoms with Crippen LogP contribution in [-0.2, 0) is 4.79 Å². The van der Waals surface area contributed by atoms with Gasteiger partial charge in [-0.25, -0.2) is 4.98 Å². The number of fused-ring (bicyclic) bond motifs is 1. The zero-order chi connectivity index (χ0) is 17.3. The van der Waals surface area contributed by atoms with E-state index in [0.29, 0.717) is 21.7 Å². The van der Waals surface area contributed by atoms with Crippen molar-refractivity contribution in [2.45, 2.75) is 17.3 Å². The number of carbonyl (C=O) groups excluding carboxylic acids is 1. The summed E-state index contributed by atoms with van der Waals surface area (Å²) in [6.45, 7) is 1.69. The van der Waals surface area contributed by atoms with Crippen LogP contribution in [0.3, 0.4) is 0 Å². The normalized spacial score (nSPS) is 12.2. The van der Waals surface area contributed by atoms with E-state index in [1.54, 1.807) is 19.1 Å². The average molecular weight is 404 g/mol. The topological polar surface area (TPSA) is 78.0 Å². The molecule has 3 aromatic rings. The smallest absolute Gasteiger partial charge is 0.266 e. The highest BCUT2D eigenvalue weighted by Crippen LogP contribution is 2.25. The summed E-state index contributed by atoms with van der Waals surface area (Å²) in [5.41, 5.74) is 6.44. The molecule has 1 amide bonds. The fourth-order valence-electron chi connectivity index (χ4n) is 2.24. The minimum absolute atomic E-state index is 0.188. The van der Waals surface area contributed by atoms with Gasteiger partial charge in [0.25, 0.3) is 5.56 Å². The first-order valence-corrected chi connectivity index (χ1v) is 8.88. The number of aromatic nitrogens is 2. The van der Waals surface area contributed by atoms with Gasteiger partial charge in [-0.15, -0.1) is 0 Å². The number of carbonyl (C=O) groups is 1. The summed E-state index contributed by atoms with van der Waals surface area (Å²) in [6, 6.07) is 14.6. The van der Waals surface area contributed by atoms with E-state index in [1.165, 1.54) is 16.3 Å². The molecule has 0 unspecified atom stereocenters. The molecule has 1 heterocycles. The van der Waals surface area contributed by atoms with Gasteiger partial charge < -0.3 is 5.73 Å². The van der Waals surface area contributed by atoms with Crippen LogP contribution in [0.1, 0.15) is 6.92 Å². The molecule has 0 bridgehead atoms. The van der Waals surface area contributed by atoms with Crippen molar-refractivity contribution < 1.29 is 4.79 Å². The van der Waals surface area contributed by atoms with Crippen molar-refractivity contribution in [1.82, 2.24) is 9.55 Å². The number of benzene rings is 2. The van der Waals surface area contributed by atoms with E-state index < -0.39 is 11.2 Å². The Bertz CT molecular complexity index is 973. The van der Waals surface area contributed by atoms with Crippen LogP contribution >= 0.6 is 27.7 Å². The van der Waals surface area contributed by atoms with Crippen molar-refractivity contribution in [3.63, 3.8) is 0 Å². The van der Waals surface area contributed by atoms with E-state index in [9.17, 15) is 9.59 Å². The number of para-hydroxylation sites is 1. The maximum atomic E-state index is 13.0. The second-order valence-electron chi connectivity index (χ2n) is 5.19. The fourth-order valence-corrected chi connectivity index (χ4v) is 3.48. The average Bonchev–Trinajstić information content (AvgIpc) is 2.56. The fraction of sp³-hybridized carbons (Fsp3) is 0.118. The molecule has 0 fully saturated rings. The molecule has 2 aromatic carbocycles. The van der Waals surface area contributed by atoms with Gasteiger partial charge in [-0.3, -0.25) is 14.2 Å². The number of thioether (sulfide) groups is 1. The number of primary amides is 1. The van der Waals surface area contributed by atoms with Crippen LogP contribution in [0.4, 0.5) is 0 Å². The summed E-state index contributed by atoms with van der Waals surface area (Å²) in [4.78, 5) is 29.0. The van der Waals surface area contributed by atoms with Crippen molar-refractivity contribution in [3.8, 4) is 5.69 Å².